The molecule has 0 aliphatic carbocycles. The van der Waals surface area contributed by atoms with E-state index in [9.17, 15) is 14.0 Å². The molecule has 1 fully saturated rings. The number of fused-ring (bicyclic) bond motifs is 1. The SMILES string of the molecule is CC1(C)CC(n2cc(C(Nc3cc(Cl)c4ncc(C#N)c(Nc5ccc(F)c(Cl)c5)c4c3)c3ccc(F)cc3)nn2)CCN1. The van der Waals surface area contributed by atoms with Gasteiger partial charge >= 0.3 is 0 Å². The fraction of sp³-hybridized carbons (Fsp3) is 0.250. The van der Waals surface area contributed by atoms with Crippen LogP contribution < -0.4 is 16.0 Å². The molecular weight excluding hydrogens is 605 g/mol. The Kier molecular flexibility index (Phi) is 8.12. The maximum atomic E-state index is 13.9. The number of halogens is 4. The van der Waals surface area contributed by atoms with E-state index in [4.69, 9.17) is 23.2 Å². The molecule has 1 aliphatic heterocycles. The number of nitrogens with one attached hydrogen (secondary N) is 3. The Morgan fingerprint density at radius 2 is 1.84 bits per heavy atom. The molecular formula is C32H28Cl2F2N8. The van der Waals surface area contributed by atoms with E-state index in [-0.39, 0.29) is 28.0 Å². The fourth-order valence-corrected chi connectivity index (χ4v) is 6.05. The number of aromatic nitrogens is 4. The van der Waals surface area contributed by atoms with E-state index >= 15 is 0 Å². The van der Waals surface area contributed by atoms with Crippen LogP contribution in [-0.2, 0) is 0 Å². The molecule has 12 heteroatoms. The summed E-state index contributed by atoms with van der Waals surface area (Å²) < 4.78 is 29.7. The van der Waals surface area contributed by atoms with E-state index < -0.39 is 11.9 Å². The van der Waals surface area contributed by atoms with E-state index in [0.29, 0.717) is 38.7 Å². The van der Waals surface area contributed by atoms with Gasteiger partial charge in [0.25, 0.3) is 0 Å². The van der Waals surface area contributed by atoms with Crippen LogP contribution >= 0.6 is 23.2 Å². The molecule has 0 radical (unpaired) electrons. The highest BCUT2D eigenvalue weighted by atomic mass is 35.5. The zero-order valence-electron chi connectivity index (χ0n) is 23.9. The van der Waals surface area contributed by atoms with E-state index in [0.717, 1.165) is 24.9 Å². The van der Waals surface area contributed by atoms with Crippen LogP contribution in [0.3, 0.4) is 0 Å². The number of pyridine rings is 1. The second-order valence-corrected chi connectivity index (χ2v) is 12.3. The van der Waals surface area contributed by atoms with Gasteiger partial charge in [0.1, 0.15) is 23.4 Å². The van der Waals surface area contributed by atoms with Gasteiger partial charge in [0, 0.05) is 28.5 Å². The monoisotopic (exact) mass is 632 g/mol. The van der Waals surface area contributed by atoms with Crippen molar-refractivity contribution in [2.75, 3.05) is 17.2 Å². The molecule has 2 aromatic heterocycles. The van der Waals surface area contributed by atoms with Crippen molar-refractivity contribution in [2.24, 2.45) is 0 Å². The van der Waals surface area contributed by atoms with Crippen molar-refractivity contribution in [3.63, 3.8) is 0 Å². The summed E-state index contributed by atoms with van der Waals surface area (Å²) in [5.74, 6) is -0.909. The van der Waals surface area contributed by atoms with Crippen molar-refractivity contribution in [3.05, 3.63) is 105 Å². The molecule has 3 heterocycles. The third-order valence-electron chi connectivity index (χ3n) is 7.77. The second kappa shape index (κ2) is 12.0. The summed E-state index contributed by atoms with van der Waals surface area (Å²) in [4.78, 5) is 4.42. The lowest BCUT2D eigenvalue weighted by molar-refractivity contribution is 0.219. The standard InChI is InChI=1S/C32H28Cl2F2N8/c1-32(2)14-23(9-10-39-32)44-17-28(42-43-44)30(18-3-5-20(35)6-4-18)41-22-11-24-29(40-21-7-8-27(36)25(33)12-21)19(15-37)16-38-31(24)26(34)13-22/h3-8,11-13,16-17,23,30,39,41H,9-10,14H2,1-2H3,(H,38,40). The lowest BCUT2D eigenvalue weighted by atomic mass is 9.89. The van der Waals surface area contributed by atoms with Gasteiger partial charge < -0.3 is 16.0 Å². The van der Waals surface area contributed by atoms with Crippen molar-refractivity contribution >= 4 is 51.2 Å². The van der Waals surface area contributed by atoms with Gasteiger partial charge in [-0.05, 0) is 81.3 Å². The molecule has 0 amide bonds. The minimum atomic E-state index is -0.556. The lowest BCUT2D eigenvalue weighted by Gasteiger charge is -2.36. The molecule has 8 nitrogen and oxygen atoms in total. The summed E-state index contributed by atoms with van der Waals surface area (Å²) >= 11 is 12.7. The number of hydrogen-bond donors (Lipinski definition) is 3. The van der Waals surface area contributed by atoms with Crippen LogP contribution in [0.2, 0.25) is 10.0 Å². The van der Waals surface area contributed by atoms with E-state index in [1.165, 1.54) is 36.5 Å². The van der Waals surface area contributed by atoms with Crippen LogP contribution in [0, 0.1) is 23.0 Å². The Bertz CT molecular complexity index is 1880. The summed E-state index contributed by atoms with van der Waals surface area (Å²) in [7, 11) is 0. The number of anilines is 3. The molecule has 44 heavy (non-hydrogen) atoms. The van der Waals surface area contributed by atoms with E-state index in [1.54, 1.807) is 18.2 Å². The Morgan fingerprint density at radius 1 is 1.07 bits per heavy atom. The number of nitrogens with zero attached hydrogens (tertiary/aromatic N) is 5. The summed E-state index contributed by atoms with van der Waals surface area (Å²) in [6, 6.07) is 15.8. The second-order valence-electron chi connectivity index (χ2n) is 11.5. The summed E-state index contributed by atoms with van der Waals surface area (Å²) in [5, 5.41) is 29.9. The predicted molar refractivity (Wildman–Crippen MR) is 168 cm³/mol. The average Bonchev–Trinajstić information content (AvgIpc) is 3.48. The highest BCUT2D eigenvalue weighted by Gasteiger charge is 2.30. The van der Waals surface area contributed by atoms with Crippen molar-refractivity contribution in [2.45, 2.75) is 44.3 Å². The molecule has 2 unspecified atom stereocenters. The first-order chi connectivity index (χ1) is 21.1. The molecule has 1 saturated heterocycles. The van der Waals surface area contributed by atoms with E-state index in [1.807, 2.05) is 16.9 Å². The van der Waals surface area contributed by atoms with Gasteiger partial charge in [0.2, 0.25) is 0 Å². The minimum absolute atomic E-state index is 0.0210. The number of piperidine rings is 1. The largest absolute Gasteiger partial charge is 0.373 e. The molecule has 3 aromatic carbocycles. The Morgan fingerprint density at radius 3 is 2.57 bits per heavy atom. The maximum Gasteiger partial charge on any atom is 0.141 e. The van der Waals surface area contributed by atoms with E-state index in [2.05, 4.69) is 51.2 Å². The van der Waals surface area contributed by atoms with Gasteiger partial charge in [-0.15, -0.1) is 5.10 Å². The number of nitriles is 1. The van der Waals surface area contributed by atoms with Gasteiger partial charge in [-0.2, -0.15) is 5.26 Å². The molecule has 6 rings (SSSR count). The molecule has 0 spiro atoms. The van der Waals surface area contributed by atoms with Crippen LogP contribution in [0.4, 0.5) is 25.8 Å². The zero-order chi connectivity index (χ0) is 31.0. The molecule has 0 bridgehead atoms. The average molecular weight is 634 g/mol. The van der Waals surface area contributed by atoms with Crippen molar-refractivity contribution in [3.8, 4) is 6.07 Å². The van der Waals surface area contributed by atoms with Gasteiger partial charge in [-0.3, -0.25) is 4.98 Å². The summed E-state index contributed by atoms with van der Waals surface area (Å²) in [5.41, 5.74) is 3.63. The Balaban J connectivity index is 1.40. The first-order valence-electron chi connectivity index (χ1n) is 14.0. The molecule has 224 valence electrons. The van der Waals surface area contributed by atoms with Gasteiger partial charge in [0.15, 0.2) is 0 Å². The van der Waals surface area contributed by atoms with Crippen molar-refractivity contribution in [1.82, 2.24) is 25.3 Å². The van der Waals surface area contributed by atoms with Crippen molar-refractivity contribution in [1.29, 1.82) is 5.26 Å². The molecule has 5 aromatic rings. The predicted octanol–water partition coefficient (Wildman–Crippen LogP) is 7.93. The smallest absolute Gasteiger partial charge is 0.141 e. The highest BCUT2D eigenvalue weighted by Crippen LogP contribution is 2.37. The topological polar surface area (TPSA) is 103 Å². The highest BCUT2D eigenvalue weighted by molar-refractivity contribution is 6.36. The summed E-state index contributed by atoms with van der Waals surface area (Å²) in [6.45, 7) is 5.22. The van der Waals surface area contributed by atoms with Crippen molar-refractivity contribution < 1.29 is 8.78 Å². The first-order valence-corrected chi connectivity index (χ1v) is 14.8. The van der Waals surface area contributed by atoms with Gasteiger partial charge in [-0.1, -0.05) is 40.5 Å². The number of benzene rings is 3. The summed E-state index contributed by atoms with van der Waals surface area (Å²) in [6.07, 6.45) is 5.17. The van der Waals surface area contributed by atoms with Crippen LogP contribution in [0.25, 0.3) is 10.9 Å². The molecule has 1 aliphatic rings. The first kappa shape index (κ1) is 29.8. The zero-order valence-corrected chi connectivity index (χ0v) is 25.4. The van der Waals surface area contributed by atoms with Crippen LogP contribution in [0.15, 0.2) is 67.0 Å². The van der Waals surface area contributed by atoms with Crippen LogP contribution in [-0.4, -0.2) is 32.1 Å². The lowest BCUT2D eigenvalue weighted by Crippen LogP contribution is -2.46. The minimum Gasteiger partial charge on any atom is -0.373 e. The van der Waals surface area contributed by atoms with Gasteiger partial charge in [-0.25, -0.2) is 13.5 Å². The fourth-order valence-electron chi connectivity index (χ4n) is 5.60. The number of hydrogen-bond acceptors (Lipinski definition) is 7. The normalized spacial score (nSPS) is 16.8. The third-order valence-corrected chi connectivity index (χ3v) is 8.35. The van der Waals surface area contributed by atoms with Crippen LogP contribution in [0.5, 0.6) is 0 Å². The van der Waals surface area contributed by atoms with Gasteiger partial charge in [0.05, 0.1) is 45.1 Å². The number of rotatable bonds is 7. The molecule has 2 atom stereocenters. The van der Waals surface area contributed by atoms with Crippen LogP contribution in [0.1, 0.15) is 55.6 Å². The third kappa shape index (κ3) is 6.17. The quantitative estimate of drug-likeness (QED) is 0.167. The Hall–Kier alpha value is -4.30. The maximum absolute atomic E-state index is 13.9. The molecule has 3 N–H and O–H groups in total. The molecule has 0 saturated carbocycles. The Labute approximate surface area is 263 Å².